The Labute approximate surface area is 97.8 Å². The van der Waals surface area contributed by atoms with Crippen LogP contribution in [0, 0.1) is 11.3 Å². The topological polar surface area (TPSA) is 60.7 Å². The molecule has 0 bridgehead atoms. The first-order valence-corrected chi connectivity index (χ1v) is 5.97. The van der Waals surface area contributed by atoms with Gasteiger partial charge < -0.3 is 15.3 Å². The summed E-state index contributed by atoms with van der Waals surface area (Å²) in [5.41, 5.74) is -1.33. The summed E-state index contributed by atoms with van der Waals surface area (Å²) < 4.78 is 0. The van der Waals surface area contributed by atoms with Crippen LogP contribution in [-0.2, 0) is 0 Å². The van der Waals surface area contributed by atoms with Crippen molar-refractivity contribution in [2.75, 3.05) is 0 Å². The van der Waals surface area contributed by atoms with Gasteiger partial charge in [-0.3, -0.25) is 0 Å². The molecule has 0 radical (unpaired) electrons. The molecule has 1 saturated carbocycles. The Morgan fingerprint density at radius 3 is 2.38 bits per heavy atom. The normalized spacial score (nSPS) is 41.2. The van der Waals surface area contributed by atoms with Crippen LogP contribution in [-0.4, -0.2) is 33.1 Å². The van der Waals surface area contributed by atoms with E-state index in [1.165, 1.54) is 0 Å². The molecule has 1 rings (SSSR count). The molecule has 3 nitrogen and oxygen atoms in total. The van der Waals surface area contributed by atoms with Gasteiger partial charge in [0.1, 0.15) is 0 Å². The summed E-state index contributed by atoms with van der Waals surface area (Å²) >= 11 is 0. The van der Waals surface area contributed by atoms with Crippen LogP contribution < -0.4 is 0 Å². The third-order valence-electron chi connectivity index (χ3n) is 3.84. The molecule has 16 heavy (non-hydrogen) atoms. The van der Waals surface area contributed by atoms with Crippen LogP contribution in [0.25, 0.3) is 0 Å². The fourth-order valence-electron chi connectivity index (χ4n) is 2.77. The van der Waals surface area contributed by atoms with Crippen molar-refractivity contribution in [3.05, 3.63) is 12.2 Å². The zero-order valence-corrected chi connectivity index (χ0v) is 10.6. The molecule has 4 atom stereocenters. The van der Waals surface area contributed by atoms with Gasteiger partial charge in [-0.2, -0.15) is 0 Å². The molecular weight excluding hydrogens is 204 g/mol. The molecule has 94 valence electrons. The van der Waals surface area contributed by atoms with Gasteiger partial charge in [0.25, 0.3) is 0 Å². The highest BCUT2D eigenvalue weighted by Crippen LogP contribution is 2.47. The molecule has 0 spiro atoms. The monoisotopic (exact) mass is 228 g/mol. The summed E-state index contributed by atoms with van der Waals surface area (Å²) in [5, 5.41) is 29.7. The lowest BCUT2D eigenvalue weighted by atomic mass is 9.60. The van der Waals surface area contributed by atoms with E-state index in [9.17, 15) is 15.3 Å². The Hall–Kier alpha value is -0.380. The zero-order valence-electron chi connectivity index (χ0n) is 10.6. The molecule has 1 aliphatic rings. The van der Waals surface area contributed by atoms with Crippen LogP contribution in [0.5, 0.6) is 0 Å². The van der Waals surface area contributed by atoms with Crippen LogP contribution >= 0.6 is 0 Å². The van der Waals surface area contributed by atoms with Crippen LogP contribution in [0.15, 0.2) is 12.2 Å². The summed E-state index contributed by atoms with van der Waals surface area (Å²) in [6.45, 7) is 7.52. The van der Waals surface area contributed by atoms with E-state index in [2.05, 4.69) is 0 Å². The molecule has 0 heterocycles. The highest BCUT2D eigenvalue weighted by molar-refractivity contribution is 5.14. The van der Waals surface area contributed by atoms with Gasteiger partial charge in [0, 0.05) is 0 Å². The summed E-state index contributed by atoms with van der Waals surface area (Å²) in [6.07, 6.45) is 3.61. The molecule has 3 N–H and O–H groups in total. The predicted octanol–water partition coefficient (Wildman–Crippen LogP) is 1.47. The van der Waals surface area contributed by atoms with Gasteiger partial charge in [0.2, 0.25) is 0 Å². The van der Waals surface area contributed by atoms with E-state index < -0.39 is 11.7 Å². The van der Waals surface area contributed by atoms with Crippen molar-refractivity contribution < 1.29 is 15.3 Å². The summed E-state index contributed by atoms with van der Waals surface area (Å²) in [6, 6.07) is 0. The van der Waals surface area contributed by atoms with Crippen molar-refractivity contribution >= 4 is 0 Å². The molecule has 0 aromatic heterocycles. The van der Waals surface area contributed by atoms with Gasteiger partial charge in [-0.05, 0) is 31.1 Å². The van der Waals surface area contributed by atoms with E-state index in [4.69, 9.17) is 0 Å². The second-order valence-electron chi connectivity index (χ2n) is 5.80. The highest BCUT2D eigenvalue weighted by Gasteiger charge is 2.50. The maximum absolute atomic E-state index is 10.7. The average molecular weight is 228 g/mol. The standard InChI is InChI=1S/C13H24O3/c1-9-7-11(15)8-12(3,4)13(9,16)6-5-10(2)14/h5-6,9-11,14-16H,7-8H2,1-4H3/b6-5+/t9-,10-,11+,13+/m1/s1. The first-order chi connectivity index (χ1) is 7.19. The molecule has 0 saturated heterocycles. The van der Waals surface area contributed by atoms with E-state index in [0.717, 1.165) is 0 Å². The van der Waals surface area contributed by atoms with E-state index in [1.54, 1.807) is 19.1 Å². The summed E-state index contributed by atoms with van der Waals surface area (Å²) in [7, 11) is 0. The second-order valence-corrected chi connectivity index (χ2v) is 5.80. The quantitative estimate of drug-likeness (QED) is 0.627. The maximum atomic E-state index is 10.7. The third kappa shape index (κ3) is 2.47. The Kier molecular flexibility index (Phi) is 3.83. The Morgan fingerprint density at radius 1 is 1.38 bits per heavy atom. The number of rotatable bonds is 2. The van der Waals surface area contributed by atoms with Crippen molar-refractivity contribution in [2.45, 2.75) is 58.3 Å². The van der Waals surface area contributed by atoms with Crippen LogP contribution in [0.1, 0.15) is 40.5 Å². The lowest BCUT2D eigenvalue weighted by Crippen LogP contribution is -2.54. The number of aliphatic hydroxyl groups is 3. The largest absolute Gasteiger partial charge is 0.393 e. The number of hydrogen-bond acceptors (Lipinski definition) is 3. The van der Waals surface area contributed by atoms with Gasteiger partial charge in [0.15, 0.2) is 0 Å². The van der Waals surface area contributed by atoms with Crippen LogP contribution in [0.3, 0.4) is 0 Å². The zero-order chi connectivity index (χ0) is 12.6. The molecule has 0 aromatic carbocycles. The molecule has 0 aromatic rings. The maximum Gasteiger partial charge on any atom is 0.0906 e. The molecule has 1 fully saturated rings. The van der Waals surface area contributed by atoms with Gasteiger partial charge in [-0.1, -0.05) is 32.9 Å². The molecule has 0 aliphatic heterocycles. The van der Waals surface area contributed by atoms with Crippen LogP contribution in [0.4, 0.5) is 0 Å². The van der Waals surface area contributed by atoms with Crippen LogP contribution in [0.2, 0.25) is 0 Å². The van der Waals surface area contributed by atoms with Crippen molar-refractivity contribution in [3.8, 4) is 0 Å². The first kappa shape index (κ1) is 13.7. The van der Waals surface area contributed by atoms with Gasteiger partial charge in [-0.15, -0.1) is 0 Å². The number of aliphatic hydroxyl groups excluding tert-OH is 2. The first-order valence-electron chi connectivity index (χ1n) is 5.97. The fourth-order valence-corrected chi connectivity index (χ4v) is 2.77. The van der Waals surface area contributed by atoms with E-state index >= 15 is 0 Å². The van der Waals surface area contributed by atoms with Gasteiger partial charge >= 0.3 is 0 Å². The molecule has 0 amide bonds. The minimum atomic E-state index is -0.955. The van der Waals surface area contributed by atoms with Gasteiger partial charge in [0.05, 0.1) is 17.8 Å². The van der Waals surface area contributed by atoms with E-state index in [1.807, 2.05) is 20.8 Å². The fraction of sp³-hybridized carbons (Fsp3) is 0.846. The minimum absolute atomic E-state index is 0.0127. The summed E-state index contributed by atoms with van der Waals surface area (Å²) in [4.78, 5) is 0. The molecule has 3 heteroatoms. The SMILES string of the molecule is C[C@@H]1C[C@H](O)CC(C)(C)[C@]1(O)/C=C/[C@@H](C)O. The predicted molar refractivity (Wildman–Crippen MR) is 64.0 cm³/mol. The third-order valence-corrected chi connectivity index (χ3v) is 3.84. The Morgan fingerprint density at radius 2 is 1.94 bits per heavy atom. The van der Waals surface area contributed by atoms with Crippen molar-refractivity contribution in [1.29, 1.82) is 0 Å². The van der Waals surface area contributed by atoms with Crippen molar-refractivity contribution in [3.63, 3.8) is 0 Å². The van der Waals surface area contributed by atoms with E-state index in [-0.39, 0.29) is 17.4 Å². The Bertz CT molecular complexity index is 270. The molecule has 0 unspecified atom stereocenters. The molecule has 1 aliphatic carbocycles. The second kappa shape index (κ2) is 4.47. The van der Waals surface area contributed by atoms with E-state index in [0.29, 0.717) is 12.8 Å². The molecular formula is C13H24O3. The van der Waals surface area contributed by atoms with Gasteiger partial charge in [-0.25, -0.2) is 0 Å². The number of hydrogen-bond donors (Lipinski definition) is 3. The highest BCUT2D eigenvalue weighted by atomic mass is 16.3. The Balaban J connectivity index is 2.98. The van der Waals surface area contributed by atoms with Crippen molar-refractivity contribution in [1.82, 2.24) is 0 Å². The summed E-state index contributed by atoms with van der Waals surface area (Å²) in [5.74, 6) is -0.0127. The van der Waals surface area contributed by atoms with Crippen molar-refractivity contribution in [2.24, 2.45) is 11.3 Å². The smallest absolute Gasteiger partial charge is 0.0906 e. The minimum Gasteiger partial charge on any atom is -0.393 e. The lowest BCUT2D eigenvalue weighted by molar-refractivity contribution is -0.127. The average Bonchev–Trinajstić information content (AvgIpc) is 2.10. The lowest BCUT2D eigenvalue weighted by Gasteiger charge is -2.50.